The summed E-state index contributed by atoms with van der Waals surface area (Å²) in [6.07, 6.45) is 5.53. The number of aromatic nitrogens is 1. The summed E-state index contributed by atoms with van der Waals surface area (Å²) in [5.41, 5.74) is 2.66. The normalized spacial score (nSPS) is 18.1. The van der Waals surface area contributed by atoms with Crippen molar-refractivity contribution in [2.45, 2.75) is 45.7 Å². The van der Waals surface area contributed by atoms with Crippen molar-refractivity contribution in [3.8, 4) is 0 Å². The second kappa shape index (κ2) is 6.86. The molecule has 1 aromatic rings. The van der Waals surface area contributed by atoms with Crippen molar-refractivity contribution in [1.82, 2.24) is 15.2 Å². The molecule has 0 atom stereocenters. The predicted molar refractivity (Wildman–Crippen MR) is 75.6 cm³/mol. The highest BCUT2D eigenvalue weighted by molar-refractivity contribution is 5.19. The summed E-state index contributed by atoms with van der Waals surface area (Å²) < 4.78 is 0. The van der Waals surface area contributed by atoms with Crippen LogP contribution in [0.4, 0.5) is 0 Å². The number of nitrogens with one attached hydrogen (secondary N) is 1. The molecule has 0 unspecified atom stereocenters. The summed E-state index contributed by atoms with van der Waals surface area (Å²) in [7, 11) is 0. The summed E-state index contributed by atoms with van der Waals surface area (Å²) in [4.78, 5) is 7.08. The van der Waals surface area contributed by atoms with E-state index in [9.17, 15) is 0 Å². The molecule has 1 saturated heterocycles. The molecular formula is C15H25N3. The summed E-state index contributed by atoms with van der Waals surface area (Å²) in [6.45, 7) is 8.88. The predicted octanol–water partition coefficient (Wildman–Crippen LogP) is 2.22. The fourth-order valence-electron chi connectivity index (χ4n) is 2.73. The molecule has 1 aliphatic rings. The molecule has 0 bridgehead atoms. The molecule has 2 heterocycles. The molecule has 0 aromatic carbocycles. The quantitative estimate of drug-likeness (QED) is 0.865. The van der Waals surface area contributed by atoms with Crippen LogP contribution in [-0.2, 0) is 13.0 Å². The van der Waals surface area contributed by atoms with Crippen LogP contribution in [0.1, 0.15) is 37.9 Å². The molecule has 1 fully saturated rings. The van der Waals surface area contributed by atoms with Gasteiger partial charge in [-0.25, -0.2) is 0 Å². The molecular weight excluding hydrogens is 222 g/mol. The zero-order chi connectivity index (χ0) is 12.8. The van der Waals surface area contributed by atoms with Crippen LogP contribution < -0.4 is 5.32 Å². The lowest BCUT2D eigenvalue weighted by Gasteiger charge is -2.32. The largest absolute Gasteiger partial charge is 0.314 e. The van der Waals surface area contributed by atoms with E-state index < -0.39 is 0 Å². The van der Waals surface area contributed by atoms with Crippen LogP contribution in [0, 0.1) is 0 Å². The van der Waals surface area contributed by atoms with Gasteiger partial charge in [-0.15, -0.1) is 0 Å². The maximum absolute atomic E-state index is 4.54. The van der Waals surface area contributed by atoms with Crippen LogP contribution in [-0.4, -0.2) is 35.6 Å². The molecule has 18 heavy (non-hydrogen) atoms. The Morgan fingerprint density at radius 3 is 2.78 bits per heavy atom. The Morgan fingerprint density at radius 1 is 1.33 bits per heavy atom. The monoisotopic (exact) mass is 247 g/mol. The van der Waals surface area contributed by atoms with Gasteiger partial charge in [-0.2, -0.15) is 0 Å². The number of hydrogen-bond donors (Lipinski definition) is 1. The van der Waals surface area contributed by atoms with Crippen molar-refractivity contribution in [3.05, 3.63) is 29.6 Å². The van der Waals surface area contributed by atoms with Crippen LogP contribution >= 0.6 is 0 Å². The first-order chi connectivity index (χ1) is 8.83. The van der Waals surface area contributed by atoms with E-state index in [0.29, 0.717) is 0 Å². The molecule has 2 rings (SSSR count). The number of likely N-dealkylation sites (tertiary alicyclic amines) is 1. The molecule has 3 nitrogen and oxygen atoms in total. The van der Waals surface area contributed by atoms with Crippen LogP contribution in [0.25, 0.3) is 0 Å². The van der Waals surface area contributed by atoms with Crippen LogP contribution in [0.5, 0.6) is 0 Å². The molecule has 0 aliphatic carbocycles. The van der Waals surface area contributed by atoms with Gasteiger partial charge in [-0.05, 0) is 37.4 Å². The molecule has 3 heteroatoms. The number of hydrogen-bond acceptors (Lipinski definition) is 3. The number of nitrogens with zero attached hydrogens (tertiary/aromatic N) is 2. The minimum absolute atomic E-state index is 0.723. The van der Waals surface area contributed by atoms with E-state index >= 15 is 0 Å². The minimum atomic E-state index is 0.723. The SMILES string of the molecule is CCNC1CCN(Cc2ncccc2CC)CC1. The fraction of sp³-hybridized carbons (Fsp3) is 0.667. The minimum Gasteiger partial charge on any atom is -0.314 e. The molecule has 0 saturated carbocycles. The van der Waals surface area contributed by atoms with Crippen molar-refractivity contribution in [2.24, 2.45) is 0 Å². The maximum Gasteiger partial charge on any atom is 0.0575 e. The second-order valence-electron chi connectivity index (χ2n) is 5.07. The van der Waals surface area contributed by atoms with Crippen molar-refractivity contribution in [2.75, 3.05) is 19.6 Å². The molecule has 0 amide bonds. The average Bonchev–Trinajstić information content (AvgIpc) is 2.42. The van der Waals surface area contributed by atoms with Gasteiger partial charge in [0.1, 0.15) is 0 Å². The number of piperidine rings is 1. The van der Waals surface area contributed by atoms with Crippen molar-refractivity contribution >= 4 is 0 Å². The zero-order valence-corrected chi connectivity index (χ0v) is 11.7. The molecule has 1 N–H and O–H groups in total. The van der Waals surface area contributed by atoms with E-state index in [0.717, 1.165) is 25.6 Å². The van der Waals surface area contributed by atoms with Crippen LogP contribution in [0.15, 0.2) is 18.3 Å². The summed E-state index contributed by atoms with van der Waals surface area (Å²) in [6, 6.07) is 4.97. The van der Waals surface area contributed by atoms with Gasteiger partial charge in [0, 0.05) is 31.9 Å². The third-order valence-corrected chi connectivity index (χ3v) is 3.82. The highest BCUT2D eigenvalue weighted by atomic mass is 15.1. The van der Waals surface area contributed by atoms with Crippen molar-refractivity contribution in [1.29, 1.82) is 0 Å². The first-order valence-electron chi connectivity index (χ1n) is 7.22. The first-order valence-corrected chi connectivity index (χ1v) is 7.22. The molecule has 100 valence electrons. The molecule has 1 aromatic heterocycles. The third-order valence-electron chi connectivity index (χ3n) is 3.82. The molecule has 0 radical (unpaired) electrons. The first kappa shape index (κ1) is 13.5. The van der Waals surface area contributed by atoms with E-state index in [1.807, 2.05) is 12.3 Å². The lowest BCUT2D eigenvalue weighted by atomic mass is 10.0. The van der Waals surface area contributed by atoms with E-state index in [-0.39, 0.29) is 0 Å². The Bertz CT molecular complexity index is 357. The lowest BCUT2D eigenvalue weighted by Crippen LogP contribution is -2.42. The summed E-state index contributed by atoms with van der Waals surface area (Å²) in [5.74, 6) is 0. The van der Waals surface area contributed by atoms with Gasteiger partial charge < -0.3 is 5.32 Å². The van der Waals surface area contributed by atoms with E-state index in [1.165, 1.54) is 37.2 Å². The smallest absolute Gasteiger partial charge is 0.0575 e. The second-order valence-corrected chi connectivity index (χ2v) is 5.07. The molecule has 1 aliphatic heterocycles. The molecule has 0 spiro atoms. The number of pyridine rings is 1. The lowest BCUT2D eigenvalue weighted by molar-refractivity contribution is 0.189. The van der Waals surface area contributed by atoms with Crippen molar-refractivity contribution < 1.29 is 0 Å². The van der Waals surface area contributed by atoms with E-state index in [4.69, 9.17) is 0 Å². The van der Waals surface area contributed by atoms with Gasteiger partial charge in [0.15, 0.2) is 0 Å². The van der Waals surface area contributed by atoms with E-state index in [2.05, 4.69) is 35.1 Å². The zero-order valence-electron chi connectivity index (χ0n) is 11.7. The number of aryl methyl sites for hydroxylation is 1. The van der Waals surface area contributed by atoms with Gasteiger partial charge in [0.2, 0.25) is 0 Å². The topological polar surface area (TPSA) is 28.2 Å². The Hall–Kier alpha value is -0.930. The standard InChI is InChI=1S/C15H25N3/c1-3-13-6-5-9-17-15(13)12-18-10-7-14(8-11-18)16-4-2/h5-6,9,14,16H,3-4,7-8,10-12H2,1-2H3. The van der Waals surface area contributed by atoms with Gasteiger partial charge in [-0.3, -0.25) is 9.88 Å². The highest BCUT2D eigenvalue weighted by Crippen LogP contribution is 2.15. The number of rotatable bonds is 5. The average molecular weight is 247 g/mol. The Labute approximate surface area is 111 Å². The van der Waals surface area contributed by atoms with Gasteiger partial charge in [0.25, 0.3) is 0 Å². The van der Waals surface area contributed by atoms with Gasteiger partial charge >= 0.3 is 0 Å². The van der Waals surface area contributed by atoms with Crippen molar-refractivity contribution in [3.63, 3.8) is 0 Å². The Balaban J connectivity index is 1.87. The fourth-order valence-corrected chi connectivity index (χ4v) is 2.73. The Kier molecular flexibility index (Phi) is 5.14. The van der Waals surface area contributed by atoms with Gasteiger partial charge in [-0.1, -0.05) is 19.9 Å². The maximum atomic E-state index is 4.54. The Morgan fingerprint density at radius 2 is 2.11 bits per heavy atom. The van der Waals surface area contributed by atoms with E-state index in [1.54, 1.807) is 0 Å². The summed E-state index contributed by atoms with van der Waals surface area (Å²) in [5, 5.41) is 3.55. The third kappa shape index (κ3) is 3.53. The van der Waals surface area contributed by atoms with Crippen LogP contribution in [0.3, 0.4) is 0 Å². The van der Waals surface area contributed by atoms with Crippen LogP contribution in [0.2, 0.25) is 0 Å². The summed E-state index contributed by atoms with van der Waals surface area (Å²) >= 11 is 0. The highest BCUT2D eigenvalue weighted by Gasteiger charge is 2.19. The van der Waals surface area contributed by atoms with Gasteiger partial charge in [0.05, 0.1) is 5.69 Å².